The molecule has 8 heteroatoms. The number of benzene rings is 2. The van der Waals surface area contributed by atoms with Gasteiger partial charge in [0.15, 0.2) is 5.76 Å². The van der Waals surface area contributed by atoms with Gasteiger partial charge in [0, 0.05) is 37.4 Å². The number of carbonyl (C=O) groups is 1. The summed E-state index contributed by atoms with van der Waals surface area (Å²) in [6, 6.07) is 19.7. The van der Waals surface area contributed by atoms with Crippen molar-refractivity contribution in [2.24, 2.45) is 0 Å². The molecule has 5 rings (SSSR count). The normalized spacial score (nSPS) is 15.3. The van der Waals surface area contributed by atoms with Gasteiger partial charge < -0.3 is 9.15 Å². The average Bonchev–Trinajstić information content (AvgIpc) is 3.52. The lowest BCUT2D eigenvalue weighted by atomic mass is 10.1. The van der Waals surface area contributed by atoms with Crippen LogP contribution in [0.5, 0.6) is 0 Å². The van der Waals surface area contributed by atoms with Crippen LogP contribution in [-0.4, -0.2) is 45.2 Å². The number of hydrogen-bond acceptors (Lipinski definition) is 6. The third-order valence-corrected chi connectivity index (χ3v) is 6.69. The number of carbonyl (C=O) groups excluding carboxylic acids is 1. The van der Waals surface area contributed by atoms with Crippen LogP contribution in [0, 0.1) is 0 Å². The maximum atomic E-state index is 13.0. The summed E-state index contributed by atoms with van der Waals surface area (Å²) in [5.41, 5.74) is 3.16. The largest absolute Gasteiger partial charge is 0.454 e. The van der Waals surface area contributed by atoms with Gasteiger partial charge in [-0.3, -0.25) is 9.69 Å². The summed E-state index contributed by atoms with van der Waals surface area (Å²) < 4.78 is 13.6. The van der Waals surface area contributed by atoms with E-state index in [-0.39, 0.29) is 5.91 Å². The minimum absolute atomic E-state index is 0.0934. The molecule has 6 nitrogen and oxygen atoms in total. The van der Waals surface area contributed by atoms with E-state index < -0.39 is 0 Å². The van der Waals surface area contributed by atoms with Crippen molar-refractivity contribution in [3.63, 3.8) is 0 Å². The molecule has 0 spiro atoms. The number of fused-ring (bicyclic) bond motifs is 1. The van der Waals surface area contributed by atoms with Gasteiger partial charge in [-0.1, -0.05) is 60.4 Å². The molecule has 33 heavy (non-hydrogen) atoms. The number of aromatic nitrogens is 2. The van der Waals surface area contributed by atoms with Crippen molar-refractivity contribution in [3.05, 3.63) is 77.3 Å². The Morgan fingerprint density at radius 1 is 1.15 bits per heavy atom. The summed E-state index contributed by atoms with van der Waals surface area (Å²) in [5, 5.41) is 5.80. The van der Waals surface area contributed by atoms with Crippen LogP contribution in [0.25, 0.3) is 34.2 Å². The smallest absolute Gasteiger partial charge is 0.266 e. The molecule has 2 aromatic heterocycles. The highest BCUT2D eigenvalue weighted by atomic mass is 32.2. The molecule has 166 valence electrons. The molecule has 0 aliphatic carbocycles. The first-order valence-corrected chi connectivity index (χ1v) is 11.7. The molecule has 2 aromatic carbocycles. The number of nitrogens with zero attached hydrogens (tertiary/aromatic N) is 3. The van der Waals surface area contributed by atoms with Crippen LogP contribution in [0.15, 0.2) is 76.2 Å². The Morgan fingerprint density at radius 2 is 1.94 bits per heavy atom. The highest BCUT2D eigenvalue weighted by Crippen LogP contribution is 2.36. The fraction of sp³-hybridized carbons (Fsp3) is 0.160. The Balaban J connectivity index is 1.55. The van der Waals surface area contributed by atoms with E-state index in [0.717, 1.165) is 28.6 Å². The monoisotopic (exact) mass is 475 g/mol. The number of thiocarbonyl (C=S) groups is 1. The first-order valence-electron chi connectivity index (χ1n) is 10.5. The van der Waals surface area contributed by atoms with Gasteiger partial charge in [0.05, 0.1) is 10.6 Å². The van der Waals surface area contributed by atoms with Crippen molar-refractivity contribution < 1.29 is 13.9 Å². The zero-order valence-corrected chi connectivity index (χ0v) is 19.6. The van der Waals surface area contributed by atoms with E-state index in [0.29, 0.717) is 33.8 Å². The fourth-order valence-electron chi connectivity index (χ4n) is 3.70. The molecule has 3 heterocycles. The molecule has 1 saturated heterocycles. The van der Waals surface area contributed by atoms with Crippen molar-refractivity contribution in [2.75, 3.05) is 20.3 Å². The summed E-state index contributed by atoms with van der Waals surface area (Å²) in [6.07, 6.45) is 4.49. The molecule has 0 saturated carbocycles. The molecule has 0 radical (unpaired) electrons. The lowest BCUT2D eigenvalue weighted by Crippen LogP contribution is -2.29. The van der Waals surface area contributed by atoms with E-state index in [1.807, 2.05) is 72.9 Å². The van der Waals surface area contributed by atoms with E-state index in [2.05, 4.69) is 0 Å². The Kier molecular flexibility index (Phi) is 6.13. The average molecular weight is 476 g/mol. The van der Waals surface area contributed by atoms with Crippen LogP contribution < -0.4 is 0 Å². The number of rotatable bonds is 7. The van der Waals surface area contributed by atoms with Crippen molar-refractivity contribution >= 4 is 51.3 Å². The van der Waals surface area contributed by atoms with Crippen molar-refractivity contribution in [3.8, 4) is 17.1 Å². The van der Waals surface area contributed by atoms with Gasteiger partial charge >= 0.3 is 0 Å². The number of furan rings is 1. The quantitative estimate of drug-likeness (QED) is 0.199. The number of amides is 1. The summed E-state index contributed by atoms with van der Waals surface area (Å²) in [4.78, 5) is 15.2. The van der Waals surface area contributed by atoms with Crippen LogP contribution in [-0.2, 0) is 9.53 Å². The summed E-state index contributed by atoms with van der Waals surface area (Å²) in [7, 11) is 1.65. The van der Waals surface area contributed by atoms with E-state index in [4.69, 9.17) is 26.5 Å². The lowest BCUT2D eigenvalue weighted by molar-refractivity contribution is -0.122. The molecule has 0 atom stereocenters. The van der Waals surface area contributed by atoms with E-state index >= 15 is 0 Å². The minimum Gasteiger partial charge on any atom is -0.454 e. The van der Waals surface area contributed by atoms with Gasteiger partial charge in [-0.05, 0) is 36.8 Å². The van der Waals surface area contributed by atoms with Crippen molar-refractivity contribution in [2.45, 2.75) is 6.42 Å². The summed E-state index contributed by atoms with van der Waals surface area (Å²) in [6.45, 7) is 1.12. The van der Waals surface area contributed by atoms with Gasteiger partial charge in [-0.25, -0.2) is 4.68 Å². The van der Waals surface area contributed by atoms with E-state index in [1.165, 1.54) is 11.8 Å². The van der Waals surface area contributed by atoms with Crippen LogP contribution in [0.3, 0.4) is 0 Å². The number of methoxy groups -OCH3 is 1. The molecule has 1 fully saturated rings. The fourth-order valence-corrected chi connectivity index (χ4v) is 5.00. The Morgan fingerprint density at radius 3 is 2.73 bits per heavy atom. The van der Waals surface area contributed by atoms with Crippen molar-refractivity contribution in [1.82, 2.24) is 14.7 Å². The standard InChI is InChI=1S/C25H21N3O3S2/c1-30-13-7-12-27-24(29)22(33-25(27)32)15-18-16-28(19-9-3-2-4-10-19)26-23(18)21-14-17-8-5-6-11-20(17)31-21/h2-6,8-11,14-16H,7,12-13H2,1H3. The Hall–Kier alpha value is -3.20. The third-order valence-electron chi connectivity index (χ3n) is 5.31. The van der Waals surface area contributed by atoms with E-state index in [1.54, 1.807) is 16.7 Å². The molecular weight excluding hydrogens is 454 g/mol. The van der Waals surface area contributed by atoms with Crippen molar-refractivity contribution in [1.29, 1.82) is 0 Å². The molecule has 0 N–H and O–H groups in total. The SMILES string of the molecule is COCCCN1C(=O)C(=Cc2cn(-c3ccccc3)nc2-c2cc3ccccc3o2)SC1=S. The van der Waals surface area contributed by atoms with Gasteiger partial charge in [0.25, 0.3) is 5.91 Å². The lowest BCUT2D eigenvalue weighted by Gasteiger charge is -2.13. The summed E-state index contributed by atoms with van der Waals surface area (Å²) in [5.74, 6) is 0.553. The first kappa shape index (κ1) is 21.6. The maximum Gasteiger partial charge on any atom is 0.266 e. The second-order valence-electron chi connectivity index (χ2n) is 7.54. The molecule has 1 aliphatic heterocycles. The molecule has 0 bridgehead atoms. The minimum atomic E-state index is -0.0934. The van der Waals surface area contributed by atoms with Crippen LogP contribution in [0.2, 0.25) is 0 Å². The number of hydrogen-bond donors (Lipinski definition) is 0. The third kappa shape index (κ3) is 4.37. The highest BCUT2D eigenvalue weighted by Gasteiger charge is 2.32. The number of para-hydroxylation sites is 2. The Labute approximate surface area is 200 Å². The molecule has 1 aliphatic rings. The zero-order chi connectivity index (χ0) is 22.8. The molecule has 0 unspecified atom stereocenters. The number of ether oxygens (including phenoxy) is 1. The Bertz CT molecular complexity index is 1320. The summed E-state index contributed by atoms with van der Waals surface area (Å²) >= 11 is 6.77. The highest BCUT2D eigenvalue weighted by molar-refractivity contribution is 8.26. The van der Waals surface area contributed by atoms with Crippen LogP contribution in [0.1, 0.15) is 12.0 Å². The molecule has 4 aromatic rings. The second kappa shape index (κ2) is 9.35. The second-order valence-corrected chi connectivity index (χ2v) is 9.22. The first-order chi connectivity index (χ1) is 16.1. The predicted octanol–water partition coefficient (Wildman–Crippen LogP) is 5.52. The topological polar surface area (TPSA) is 60.5 Å². The van der Waals surface area contributed by atoms with Gasteiger partial charge in [-0.15, -0.1) is 0 Å². The van der Waals surface area contributed by atoms with Gasteiger partial charge in [0.1, 0.15) is 15.6 Å². The van der Waals surface area contributed by atoms with Crippen LogP contribution >= 0.6 is 24.0 Å². The van der Waals surface area contributed by atoms with Crippen LogP contribution in [0.4, 0.5) is 0 Å². The maximum absolute atomic E-state index is 13.0. The molecular formula is C25H21N3O3S2. The van der Waals surface area contributed by atoms with Gasteiger partial charge in [0.2, 0.25) is 0 Å². The van der Waals surface area contributed by atoms with Gasteiger partial charge in [-0.2, -0.15) is 5.10 Å². The zero-order valence-electron chi connectivity index (χ0n) is 17.9. The van der Waals surface area contributed by atoms with E-state index in [9.17, 15) is 4.79 Å². The number of thioether (sulfide) groups is 1. The predicted molar refractivity (Wildman–Crippen MR) is 135 cm³/mol. The molecule has 1 amide bonds.